The van der Waals surface area contributed by atoms with E-state index >= 15 is 0 Å². The topological polar surface area (TPSA) is 67.6 Å². The number of nitrogens with zero attached hydrogens (tertiary/aromatic N) is 4. The Morgan fingerprint density at radius 2 is 1.85 bits per heavy atom. The Balaban J connectivity index is 1.82. The number of aromatic nitrogens is 3. The zero-order chi connectivity index (χ0) is 19.4. The van der Waals surface area contributed by atoms with Gasteiger partial charge in [-0.2, -0.15) is 4.31 Å². The van der Waals surface area contributed by atoms with E-state index in [0.717, 1.165) is 22.8 Å². The molecule has 0 N–H and O–H groups in total. The van der Waals surface area contributed by atoms with Crippen molar-refractivity contribution < 1.29 is 8.42 Å². The van der Waals surface area contributed by atoms with Crippen LogP contribution >= 0.6 is 23.4 Å². The quantitative estimate of drug-likeness (QED) is 0.515. The van der Waals surface area contributed by atoms with Crippen LogP contribution in [0.25, 0.3) is 5.65 Å². The van der Waals surface area contributed by atoms with Gasteiger partial charge in [0.25, 0.3) is 0 Å². The molecule has 0 saturated carbocycles. The Hall–Kier alpha value is -1.61. The lowest BCUT2D eigenvalue weighted by molar-refractivity contribution is 0.445. The number of rotatable bonds is 8. The van der Waals surface area contributed by atoms with E-state index in [9.17, 15) is 8.42 Å². The molecule has 3 rings (SSSR count). The highest BCUT2D eigenvalue weighted by Crippen LogP contribution is 2.23. The second-order valence-corrected chi connectivity index (χ2v) is 9.26. The molecule has 0 unspecified atom stereocenters. The minimum Gasteiger partial charge on any atom is -0.276 e. The second-order valence-electron chi connectivity index (χ2n) is 5.85. The summed E-state index contributed by atoms with van der Waals surface area (Å²) in [6.45, 7) is 4.51. The van der Waals surface area contributed by atoms with E-state index in [2.05, 4.69) is 10.2 Å². The Kier molecular flexibility index (Phi) is 6.41. The summed E-state index contributed by atoms with van der Waals surface area (Å²) in [6, 6.07) is 11.0. The number of pyridine rings is 1. The Bertz CT molecular complexity index is 1030. The molecule has 0 fully saturated rings. The molecule has 3 aromatic rings. The SMILES string of the molecule is CCN(CC)S(=O)(=O)c1ccc2nnc(SCCc3ccccc3Cl)n2c1. The molecule has 0 aliphatic rings. The van der Waals surface area contributed by atoms with Crippen molar-refractivity contribution in [3.63, 3.8) is 0 Å². The molecular formula is C18H21ClN4O2S2. The average molecular weight is 425 g/mol. The van der Waals surface area contributed by atoms with E-state index in [1.165, 1.54) is 16.1 Å². The van der Waals surface area contributed by atoms with Crippen molar-refractivity contribution in [1.82, 2.24) is 18.9 Å². The van der Waals surface area contributed by atoms with E-state index in [-0.39, 0.29) is 4.90 Å². The van der Waals surface area contributed by atoms with Crippen LogP contribution in [0.4, 0.5) is 0 Å². The standard InChI is InChI=1S/C18H21ClN4O2S2/c1-3-22(4-2)27(24,25)15-9-10-17-20-21-18(23(17)13-15)26-12-11-14-7-5-6-8-16(14)19/h5-10,13H,3-4,11-12H2,1-2H3. The van der Waals surface area contributed by atoms with Gasteiger partial charge in [-0.3, -0.25) is 4.40 Å². The highest BCUT2D eigenvalue weighted by Gasteiger charge is 2.22. The molecule has 0 bridgehead atoms. The predicted octanol–water partition coefficient (Wildman–Crippen LogP) is 3.75. The summed E-state index contributed by atoms with van der Waals surface area (Å²) in [4.78, 5) is 0.242. The summed E-state index contributed by atoms with van der Waals surface area (Å²) in [5, 5.41) is 9.73. The molecule has 0 radical (unpaired) electrons. The van der Waals surface area contributed by atoms with Crippen LogP contribution in [0, 0.1) is 0 Å². The molecule has 27 heavy (non-hydrogen) atoms. The van der Waals surface area contributed by atoms with E-state index in [4.69, 9.17) is 11.6 Å². The van der Waals surface area contributed by atoms with Crippen LogP contribution in [0.15, 0.2) is 52.6 Å². The Morgan fingerprint density at radius 1 is 1.11 bits per heavy atom. The second kappa shape index (κ2) is 8.60. The van der Waals surface area contributed by atoms with Crippen LogP contribution in [0.2, 0.25) is 5.02 Å². The van der Waals surface area contributed by atoms with Gasteiger partial charge in [-0.25, -0.2) is 8.42 Å². The first-order valence-corrected chi connectivity index (χ1v) is 11.5. The first kappa shape index (κ1) is 20.1. The van der Waals surface area contributed by atoms with Gasteiger partial charge in [0.1, 0.15) is 0 Å². The zero-order valence-electron chi connectivity index (χ0n) is 15.2. The number of halogens is 1. The molecular weight excluding hydrogens is 404 g/mol. The smallest absolute Gasteiger partial charge is 0.244 e. The number of hydrogen-bond donors (Lipinski definition) is 0. The summed E-state index contributed by atoms with van der Waals surface area (Å²) >= 11 is 7.72. The number of aryl methyl sites for hydroxylation is 1. The maximum absolute atomic E-state index is 12.8. The lowest BCUT2D eigenvalue weighted by Gasteiger charge is -2.18. The van der Waals surface area contributed by atoms with Crippen LogP contribution in [0.3, 0.4) is 0 Å². The van der Waals surface area contributed by atoms with Gasteiger partial charge in [-0.1, -0.05) is 55.4 Å². The summed E-state index contributed by atoms with van der Waals surface area (Å²) in [5.74, 6) is 0.761. The summed E-state index contributed by atoms with van der Waals surface area (Å²) < 4.78 is 28.7. The molecule has 0 saturated heterocycles. The number of hydrogen-bond acceptors (Lipinski definition) is 5. The molecule has 1 aromatic carbocycles. The fourth-order valence-corrected chi connectivity index (χ4v) is 5.34. The van der Waals surface area contributed by atoms with Gasteiger partial charge in [0.15, 0.2) is 10.8 Å². The maximum atomic E-state index is 12.8. The van der Waals surface area contributed by atoms with Gasteiger partial charge in [0.2, 0.25) is 10.0 Å². The third-order valence-electron chi connectivity index (χ3n) is 4.25. The normalized spacial score (nSPS) is 12.1. The van der Waals surface area contributed by atoms with Gasteiger partial charge in [-0.05, 0) is 30.2 Å². The fourth-order valence-electron chi connectivity index (χ4n) is 2.77. The Labute approximate surface area is 168 Å². The van der Waals surface area contributed by atoms with Crippen LogP contribution < -0.4 is 0 Å². The molecule has 0 spiro atoms. The summed E-state index contributed by atoms with van der Waals surface area (Å²) in [6.07, 6.45) is 2.39. The van der Waals surface area contributed by atoms with Crippen molar-refractivity contribution in [2.45, 2.75) is 30.3 Å². The van der Waals surface area contributed by atoms with Crippen LogP contribution in [0.5, 0.6) is 0 Å². The van der Waals surface area contributed by atoms with Gasteiger partial charge in [-0.15, -0.1) is 10.2 Å². The monoisotopic (exact) mass is 424 g/mol. The molecule has 0 atom stereocenters. The van der Waals surface area contributed by atoms with Gasteiger partial charge in [0, 0.05) is 30.1 Å². The fraction of sp³-hybridized carbons (Fsp3) is 0.333. The first-order chi connectivity index (χ1) is 13.0. The van der Waals surface area contributed by atoms with Gasteiger partial charge in [0.05, 0.1) is 4.90 Å². The van der Waals surface area contributed by atoms with Crippen molar-refractivity contribution in [2.75, 3.05) is 18.8 Å². The van der Waals surface area contributed by atoms with E-state index < -0.39 is 10.0 Å². The molecule has 0 amide bonds. The zero-order valence-corrected chi connectivity index (χ0v) is 17.6. The van der Waals surface area contributed by atoms with E-state index in [1.54, 1.807) is 22.7 Å². The lowest BCUT2D eigenvalue weighted by atomic mass is 10.2. The lowest BCUT2D eigenvalue weighted by Crippen LogP contribution is -2.30. The molecule has 2 aromatic heterocycles. The number of sulfonamides is 1. The van der Waals surface area contributed by atoms with Gasteiger partial charge < -0.3 is 0 Å². The summed E-state index contributed by atoms with van der Waals surface area (Å²) in [5.41, 5.74) is 1.69. The van der Waals surface area contributed by atoms with Gasteiger partial charge >= 0.3 is 0 Å². The third-order valence-corrected chi connectivity index (χ3v) is 7.59. The Morgan fingerprint density at radius 3 is 2.56 bits per heavy atom. The number of fused-ring (bicyclic) bond motifs is 1. The highest BCUT2D eigenvalue weighted by molar-refractivity contribution is 7.99. The minimum absolute atomic E-state index is 0.242. The maximum Gasteiger partial charge on any atom is 0.244 e. The molecule has 9 heteroatoms. The average Bonchev–Trinajstić information content (AvgIpc) is 3.06. The molecule has 6 nitrogen and oxygen atoms in total. The number of thioether (sulfide) groups is 1. The van der Waals surface area contributed by atoms with E-state index in [1.807, 2.05) is 38.1 Å². The van der Waals surface area contributed by atoms with E-state index in [0.29, 0.717) is 23.9 Å². The summed E-state index contributed by atoms with van der Waals surface area (Å²) in [7, 11) is -3.53. The van der Waals surface area contributed by atoms with Crippen LogP contribution in [0.1, 0.15) is 19.4 Å². The van der Waals surface area contributed by atoms with Crippen molar-refractivity contribution in [2.24, 2.45) is 0 Å². The van der Waals surface area contributed by atoms with Crippen molar-refractivity contribution in [3.05, 3.63) is 53.2 Å². The molecule has 144 valence electrons. The third kappa shape index (κ3) is 4.29. The predicted molar refractivity (Wildman–Crippen MR) is 109 cm³/mol. The molecule has 0 aliphatic heterocycles. The highest BCUT2D eigenvalue weighted by atomic mass is 35.5. The van der Waals surface area contributed by atoms with Crippen molar-refractivity contribution >= 4 is 39.0 Å². The minimum atomic E-state index is -3.53. The first-order valence-electron chi connectivity index (χ1n) is 8.68. The van der Waals surface area contributed by atoms with Crippen molar-refractivity contribution in [3.8, 4) is 0 Å². The number of benzene rings is 1. The van der Waals surface area contributed by atoms with Crippen molar-refractivity contribution in [1.29, 1.82) is 0 Å². The van der Waals surface area contributed by atoms with Crippen LogP contribution in [-0.4, -0.2) is 46.2 Å². The molecule has 0 aliphatic carbocycles. The van der Waals surface area contributed by atoms with Crippen LogP contribution in [-0.2, 0) is 16.4 Å². The molecule has 2 heterocycles. The largest absolute Gasteiger partial charge is 0.276 e.